The average molecular weight is 465 g/mol. The second-order valence-electron chi connectivity index (χ2n) is 9.34. The Morgan fingerprint density at radius 1 is 1.15 bits per heavy atom. The van der Waals surface area contributed by atoms with Crippen LogP contribution >= 0.6 is 11.6 Å². The summed E-state index contributed by atoms with van der Waals surface area (Å²) in [5.74, 6) is -0.424. The number of ether oxygens (including phenoxy) is 1. The number of fused-ring (bicyclic) bond motifs is 2. The molecule has 2 aromatic carbocycles. The summed E-state index contributed by atoms with van der Waals surface area (Å²) < 4.78 is 5.50. The Labute approximate surface area is 199 Å². The monoisotopic (exact) mass is 464 g/mol. The molecule has 4 rings (SSSR count). The summed E-state index contributed by atoms with van der Waals surface area (Å²) >= 11 is 5.88. The number of aromatic nitrogens is 1. The van der Waals surface area contributed by atoms with E-state index >= 15 is 0 Å². The van der Waals surface area contributed by atoms with Gasteiger partial charge in [-0.05, 0) is 66.5 Å². The van der Waals surface area contributed by atoms with E-state index in [2.05, 4.69) is 26.1 Å². The van der Waals surface area contributed by atoms with Gasteiger partial charge in [-0.25, -0.2) is 4.79 Å². The number of halogens is 1. The Morgan fingerprint density at radius 3 is 2.61 bits per heavy atom. The van der Waals surface area contributed by atoms with Crippen molar-refractivity contribution in [3.05, 3.63) is 70.4 Å². The molecule has 3 aromatic rings. The van der Waals surface area contributed by atoms with Crippen LogP contribution in [0.2, 0.25) is 5.02 Å². The minimum Gasteiger partial charge on any atom is -0.452 e. The number of benzene rings is 2. The number of para-hydroxylation sites is 1. The van der Waals surface area contributed by atoms with Crippen LogP contribution in [0.5, 0.6) is 0 Å². The average Bonchev–Trinajstić information content (AvgIpc) is 2.82. The van der Waals surface area contributed by atoms with Gasteiger partial charge < -0.3 is 10.1 Å². The molecular weight excluding hydrogens is 436 g/mol. The highest BCUT2D eigenvalue weighted by Crippen LogP contribution is 2.41. The van der Waals surface area contributed by atoms with Gasteiger partial charge in [-0.15, -0.1) is 0 Å². The molecule has 1 unspecified atom stereocenters. The number of aryl methyl sites for hydroxylation is 1. The fourth-order valence-corrected chi connectivity index (χ4v) is 4.64. The van der Waals surface area contributed by atoms with Crippen molar-refractivity contribution in [2.45, 2.75) is 46.5 Å². The highest BCUT2D eigenvalue weighted by Gasteiger charge is 2.34. The lowest BCUT2D eigenvalue weighted by Crippen LogP contribution is -2.31. The number of nitrogens with zero attached hydrogens (tertiary/aromatic N) is 1. The molecule has 0 radical (unpaired) electrons. The molecule has 0 aliphatic heterocycles. The van der Waals surface area contributed by atoms with Crippen LogP contribution in [-0.4, -0.2) is 23.5 Å². The zero-order valence-corrected chi connectivity index (χ0v) is 20.0. The van der Waals surface area contributed by atoms with E-state index in [-0.39, 0.29) is 12.0 Å². The van der Waals surface area contributed by atoms with E-state index in [1.165, 1.54) is 0 Å². The lowest BCUT2D eigenvalue weighted by Gasteiger charge is -2.37. The van der Waals surface area contributed by atoms with Crippen molar-refractivity contribution in [3.8, 4) is 0 Å². The number of esters is 1. The van der Waals surface area contributed by atoms with Crippen LogP contribution in [0.4, 0.5) is 5.69 Å². The third-order valence-corrected chi connectivity index (χ3v) is 7.19. The highest BCUT2D eigenvalue weighted by molar-refractivity contribution is 6.30. The summed E-state index contributed by atoms with van der Waals surface area (Å²) in [4.78, 5) is 30.5. The fourth-order valence-electron chi connectivity index (χ4n) is 4.51. The lowest BCUT2D eigenvalue weighted by atomic mass is 9.68. The van der Waals surface area contributed by atoms with Gasteiger partial charge in [0.15, 0.2) is 6.61 Å². The van der Waals surface area contributed by atoms with Crippen molar-refractivity contribution < 1.29 is 14.3 Å². The number of hydrogen-bond acceptors (Lipinski definition) is 4. The molecule has 1 aliphatic carbocycles. The summed E-state index contributed by atoms with van der Waals surface area (Å²) in [6.07, 6.45) is 3.75. The van der Waals surface area contributed by atoms with Gasteiger partial charge in [-0.2, -0.15) is 0 Å². The second kappa shape index (κ2) is 9.52. The van der Waals surface area contributed by atoms with Gasteiger partial charge >= 0.3 is 5.97 Å². The van der Waals surface area contributed by atoms with E-state index in [9.17, 15) is 9.59 Å². The Morgan fingerprint density at radius 2 is 1.88 bits per heavy atom. The molecule has 1 N–H and O–H groups in total. The summed E-state index contributed by atoms with van der Waals surface area (Å²) in [5, 5.41) is 4.08. The van der Waals surface area contributed by atoms with Crippen LogP contribution < -0.4 is 5.32 Å². The summed E-state index contributed by atoms with van der Waals surface area (Å²) in [6.45, 7) is 6.42. The molecule has 172 valence electrons. The third kappa shape index (κ3) is 5.03. The van der Waals surface area contributed by atoms with E-state index in [4.69, 9.17) is 21.3 Å². The number of nitrogens with one attached hydrogen (secondary N) is 1. The molecular formula is C27H29ClN2O3. The van der Waals surface area contributed by atoms with Crippen molar-refractivity contribution in [1.29, 1.82) is 0 Å². The number of amides is 1. The first-order valence-corrected chi connectivity index (χ1v) is 11.8. The molecule has 33 heavy (non-hydrogen) atoms. The van der Waals surface area contributed by atoms with Gasteiger partial charge in [0.25, 0.3) is 5.91 Å². The van der Waals surface area contributed by atoms with Crippen molar-refractivity contribution in [1.82, 2.24) is 4.98 Å². The minimum atomic E-state index is -0.480. The molecule has 6 heteroatoms. The number of carbonyl (C=O) groups is 2. The van der Waals surface area contributed by atoms with Crippen molar-refractivity contribution in [2.24, 2.45) is 11.3 Å². The molecule has 1 atom stereocenters. The molecule has 1 aromatic heterocycles. The Hall–Kier alpha value is -2.92. The molecule has 5 nitrogen and oxygen atoms in total. The summed E-state index contributed by atoms with van der Waals surface area (Å²) in [7, 11) is 0. The molecule has 0 saturated carbocycles. The van der Waals surface area contributed by atoms with Crippen LogP contribution in [0.25, 0.3) is 10.9 Å². The Kier molecular flexibility index (Phi) is 6.71. The zero-order valence-electron chi connectivity index (χ0n) is 19.3. The Bertz CT molecular complexity index is 1190. The normalized spacial score (nSPS) is 15.7. The summed E-state index contributed by atoms with van der Waals surface area (Å²) in [5.41, 5.74) is 4.03. The maximum Gasteiger partial charge on any atom is 0.339 e. The molecule has 1 heterocycles. The number of pyridine rings is 1. The standard InChI is InChI=1S/C27H29ClN2O3/c1-4-27(2,3)17-9-14-23-21(15-17)25(20-7-5-6-8-22(20)30-23)26(32)33-16-24(31)29-19-12-10-18(28)11-13-19/h5-8,10-13,17H,4,9,14-16H2,1-3H3,(H,29,31). The van der Waals surface area contributed by atoms with Gasteiger partial charge in [-0.3, -0.25) is 9.78 Å². The molecule has 0 saturated heterocycles. The maximum absolute atomic E-state index is 13.3. The number of hydrogen-bond donors (Lipinski definition) is 1. The van der Waals surface area contributed by atoms with Crippen molar-refractivity contribution in [2.75, 3.05) is 11.9 Å². The smallest absolute Gasteiger partial charge is 0.339 e. The van der Waals surface area contributed by atoms with Crippen LogP contribution in [-0.2, 0) is 22.4 Å². The zero-order chi connectivity index (χ0) is 23.6. The van der Waals surface area contributed by atoms with E-state index in [1.54, 1.807) is 24.3 Å². The quantitative estimate of drug-likeness (QED) is 0.439. The van der Waals surface area contributed by atoms with Gasteiger partial charge in [0.05, 0.1) is 11.1 Å². The molecule has 0 bridgehead atoms. The van der Waals surface area contributed by atoms with E-state index < -0.39 is 11.9 Å². The third-order valence-electron chi connectivity index (χ3n) is 6.94. The van der Waals surface area contributed by atoms with Crippen LogP contribution in [0, 0.1) is 11.3 Å². The molecule has 0 spiro atoms. The van der Waals surface area contributed by atoms with Crippen molar-refractivity contribution in [3.63, 3.8) is 0 Å². The predicted octanol–water partition coefficient (Wildman–Crippen LogP) is 6.22. The van der Waals surface area contributed by atoms with Crippen molar-refractivity contribution >= 4 is 40.1 Å². The first-order chi connectivity index (χ1) is 15.8. The highest BCUT2D eigenvalue weighted by atomic mass is 35.5. The van der Waals surface area contributed by atoms with Crippen LogP contribution in [0.1, 0.15) is 55.2 Å². The topological polar surface area (TPSA) is 68.3 Å². The molecule has 1 aliphatic rings. The summed E-state index contributed by atoms with van der Waals surface area (Å²) in [6, 6.07) is 14.4. The number of carbonyl (C=O) groups excluding carboxylic acids is 2. The number of rotatable bonds is 6. The van der Waals surface area contributed by atoms with Gasteiger partial charge in [0.1, 0.15) is 0 Å². The SMILES string of the molecule is CCC(C)(C)C1CCc2nc3ccccc3c(C(=O)OCC(=O)Nc3ccc(Cl)cc3)c2C1. The second-order valence-corrected chi connectivity index (χ2v) is 9.78. The van der Waals surface area contributed by atoms with Gasteiger partial charge in [0.2, 0.25) is 0 Å². The van der Waals surface area contributed by atoms with E-state index in [0.29, 0.717) is 22.2 Å². The van der Waals surface area contributed by atoms with Gasteiger partial charge in [-0.1, -0.05) is 57.0 Å². The first-order valence-electron chi connectivity index (χ1n) is 11.4. The maximum atomic E-state index is 13.3. The minimum absolute atomic E-state index is 0.170. The number of anilines is 1. The van der Waals surface area contributed by atoms with E-state index in [1.807, 2.05) is 24.3 Å². The van der Waals surface area contributed by atoms with E-state index in [0.717, 1.165) is 47.8 Å². The fraction of sp³-hybridized carbons (Fsp3) is 0.370. The molecule has 1 amide bonds. The largest absolute Gasteiger partial charge is 0.452 e. The molecule has 0 fully saturated rings. The first kappa shape index (κ1) is 23.2. The lowest BCUT2D eigenvalue weighted by molar-refractivity contribution is -0.119. The van der Waals surface area contributed by atoms with Gasteiger partial charge in [0, 0.05) is 21.8 Å². The Balaban J connectivity index is 1.59. The van der Waals surface area contributed by atoms with Crippen LogP contribution in [0.15, 0.2) is 48.5 Å². The van der Waals surface area contributed by atoms with Crippen LogP contribution in [0.3, 0.4) is 0 Å². The predicted molar refractivity (Wildman–Crippen MR) is 132 cm³/mol.